The molecular formula is C18H23N5O2. The maximum atomic E-state index is 12.5. The van der Waals surface area contributed by atoms with Gasteiger partial charge in [0.25, 0.3) is 11.8 Å². The highest BCUT2D eigenvalue weighted by Crippen LogP contribution is 2.32. The maximum Gasteiger partial charge on any atom is 0.275 e. The van der Waals surface area contributed by atoms with Crippen LogP contribution in [0.4, 0.5) is 0 Å². The zero-order valence-electron chi connectivity index (χ0n) is 14.3. The Hall–Kier alpha value is -2.31. The van der Waals surface area contributed by atoms with Crippen LogP contribution in [0.15, 0.2) is 12.4 Å². The molecule has 1 N–H and O–H groups in total. The van der Waals surface area contributed by atoms with Gasteiger partial charge in [-0.1, -0.05) is 0 Å². The van der Waals surface area contributed by atoms with Crippen molar-refractivity contribution in [3.63, 3.8) is 0 Å². The first-order chi connectivity index (χ1) is 12.1. The van der Waals surface area contributed by atoms with Gasteiger partial charge in [-0.15, -0.1) is 0 Å². The fourth-order valence-electron chi connectivity index (χ4n) is 4.27. The van der Waals surface area contributed by atoms with Crippen molar-refractivity contribution in [2.75, 3.05) is 13.1 Å². The van der Waals surface area contributed by atoms with Crippen LogP contribution in [0.3, 0.4) is 0 Å². The molecule has 2 aliphatic heterocycles. The van der Waals surface area contributed by atoms with Gasteiger partial charge in [0.05, 0.1) is 18.0 Å². The second kappa shape index (κ2) is 6.54. The summed E-state index contributed by atoms with van der Waals surface area (Å²) in [7, 11) is 0. The Bertz CT molecular complexity index is 705. The molecule has 2 fully saturated rings. The van der Waals surface area contributed by atoms with E-state index in [1.807, 2.05) is 9.80 Å². The van der Waals surface area contributed by atoms with E-state index in [0.717, 1.165) is 57.3 Å². The Morgan fingerprint density at radius 3 is 2.44 bits per heavy atom. The highest BCUT2D eigenvalue weighted by atomic mass is 16.2. The third-order valence-corrected chi connectivity index (χ3v) is 5.73. The van der Waals surface area contributed by atoms with Gasteiger partial charge >= 0.3 is 0 Å². The minimum Gasteiger partial charge on any atom is -0.338 e. The monoisotopic (exact) mass is 341 g/mol. The molecule has 1 aromatic rings. The standard InChI is InChI=1S/C18H23N5O2/c19-15(17(24)22-9-1-2-10-22)12-3-5-13(6-4-12)23-11-14-16(18(23)25)21-8-7-20-14/h7-8,12-13,19H,1-6,9-11H2. The van der Waals surface area contributed by atoms with E-state index in [0.29, 0.717) is 12.2 Å². The largest absolute Gasteiger partial charge is 0.338 e. The van der Waals surface area contributed by atoms with Gasteiger partial charge in [-0.2, -0.15) is 0 Å². The number of carbonyl (C=O) groups is 2. The molecule has 1 aliphatic carbocycles. The van der Waals surface area contributed by atoms with Crippen molar-refractivity contribution in [1.29, 1.82) is 5.41 Å². The Kier molecular flexibility index (Phi) is 4.23. The summed E-state index contributed by atoms with van der Waals surface area (Å²) in [4.78, 5) is 37.0. The van der Waals surface area contributed by atoms with Gasteiger partial charge in [0, 0.05) is 37.4 Å². The molecule has 4 rings (SSSR count). The average Bonchev–Trinajstić information content (AvgIpc) is 3.30. The predicted octanol–water partition coefficient (Wildman–Crippen LogP) is 1.63. The van der Waals surface area contributed by atoms with Gasteiger partial charge in [0.15, 0.2) is 5.69 Å². The van der Waals surface area contributed by atoms with Crippen LogP contribution in [0.1, 0.15) is 54.7 Å². The van der Waals surface area contributed by atoms with Gasteiger partial charge < -0.3 is 9.80 Å². The molecule has 0 unspecified atom stereocenters. The molecule has 7 nitrogen and oxygen atoms in total. The van der Waals surface area contributed by atoms with Crippen LogP contribution >= 0.6 is 0 Å². The number of nitrogens with one attached hydrogen (secondary N) is 1. The first-order valence-corrected chi connectivity index (χ1v) is 9.13. The zero-order chi connectivity index (χ0) is 17.4. The van der Waals surface area contributed by atoms with Gasteiger partial charge in [0.2, 0.25) is 0 Å². The molecule has 3 heterocycles. The molecule has 0 aromatic carbocycles. The minimum absolute atomic E-state index is 0.0284. The summed E-state index contributed by atoms with van der Waals surface area (Å²) in [6, 6.07) is 0.162. The van der Waals surface area contributed by atoms with Crippen LogP contribution in [0.2, 0.25) is 0 Å². The highest BCUT2D eigenvalue weighted by Gasteiger charge is 2.38. The van der Waals surface area contributed by atoms with E-state index in [4.69, 9.17) is 5.41 Å². The number of aromatic nitrogens is 2. The number of hydrogen-bond acceptors (Lipinski definition) is 5. The van der Waals surface area contributed by atoms with Gasteiger partial charge in [-0.3, -0.25) is 20.0 Å². The van der Waals surface area contributed by atoms with Gasteiger partial charge in [-0.05, 0) is 38.5 Å². The zero-order valence-corrected chi connectivity index (χ0v) is 14.3. The summed E-state index contributed by atoms with van der Waals surface area (Å²) in [6.07, 6.45) is 8.53. The quantitative estimate of drug-likeness (QED) is 0.846. The normalized spacial score (nSPS) is 26.0. The van der Waals surface area contributed by atoms with Gasteiger partial charge in [0.1, 0.15) is 0 Å². The Morgan fingerprint density at radius 2 is 1.76 bits per heavy atom. The lowest BCUT2D eigenvalue weighted by molar-refractivity contribution is -0.123. The molecule has 0 atom stereocenters. The second-order valence-electron chi connectivity index (χ2n) is 7.20. The van der Waals surface area contributed by atoms with Crippen molar-refractivity contribution < 1.29 is 9.59 Å². The Labute approximate surface area is 146 Å². The van der Waals surface area contributed by atoms with Crippen LogP contribution in [-0.4, -0.2) is 56.4 Å². The Balaban J connectivity index is 1.35. The summed E-state index contributed by atoms with van der Waals surface area (Å²) in [5, 5.41) is 8.28. The summed E-state index contributed by atoms with van der Waals surface area (Å²) in [5.41, 5.74) is 1.49. The maximum absolute atomic E-state index is 12.5. The molecular weight excluding hydrogens is 318 g/mol. The molecule has 0 spiro atoms. The van der Waals surface area contributed by atoms with E-state index in [2.05, 4.69) is 9.97 Å². The minimum atomic E-state index is -0.0843. The number of amides is 2. The number of likely N-dealkylation sites (tertiary alicyclic amines) is 1. The summed E-state index contributed by atoms with van der Waals surface area (Å²) in [5.74, 6) is -0.0885. The number of carbonyl (C=O) groups excluding carboxylic acids is 2. The molecule has 3 aliphatic rings. The van der Waals surface area contributed by atoms with Crippen molar-refractivity contribution in [3.05, 3.63) is 23.8 Å². The molecule has 0 bridgehead atoms. The number of hydrogen-bond donors (Lipinski definition) is 1. The van der Waals surface area contributed by atoms with E-state index in [9.17, 15) is 9.59 Å². The fraction of sp³-hybridized carbons (Fsp3) is 0.611. The molecule has 2 amide bonds. The van der Waals surface area contributed by atoms with Gasteiger partial charge in [-0.25, -0.2) is 4.98 Å². The van der Waals surface area contributed by atoms with E-state index in [1.165, 1.54) is 0 Å². The lowest BCUT2D eigenvalue weighted by Crippen LogP contribution is -2.42. The first kappa shape index (κ1) is 16.2. The molecule has 1 saturated carbocycles. The van der Waals surface area contributed by atoms with Crippen LogP contribution in [0.25, 0.3) is 0 Å². The van der Waals surface area contributed by atoms with Crippen LogP contribution in [0, 0.1) is 11.3 Å². The third kappa shape index (κ3) is 2.92. The Morgan fingerprint density at radius 1 is 1.08 bits per heavy atom. The molecule has 132 valence electrons. The predicted molar refractivity (Wildman–Crippen MR) is 91.2 cm³/mol. The van der Waals surface area contributed by atoms with E-state index in [1.54, 1.807) is 12.4 Å². The fourth-order valence-corrected chi connectivity index (χ4v) is 4.27. The second-order valence-corrected chi connectivity index (χ2v) is 7.20. The number of nitrogens with zero attached hydrogens (tertiary/aromatic N) is 4. The van der Waals surface area contributed by atoms with Crippen LogP contribution in [-0.2, 0) is 11.3 Å². The van der Waals surface area contributed by atoms with E-state index < -0.39 is 0 Å². The lowest BCUT2D eigenvalue weighted by atomic mass is 9.82. The summed E-state index contributed by atoms with van der Waals surface area (Å²) >= 11 is 0. The summed E-state index contributed by atoms with van der Waals surface area (Å²) < 4.78 is 0. The first-order valence-electron chi connectivity index (χ1n) is 9.13. The molecule has 1 aromatic heterocycles. The number of fused-ring (bicyclic) bond motifs is 1. The highest BCUT2D eigenvalue weighted by molar-refractivity contribution is 6.38. The van der Waals surface area contributed by atoms with Crippen LogP contribution in [0.5, 0.6) is 0 Å². The molecule has 25 heavy (non-hydrogen) atoms. The topological polar surface area (TPSA) is 90.2 Å². The molecule has 7 heteroatoms. The van der Waals surface area contributed by atoms with Crippen molar-refractivity contribution in [3.8, 4) is 0 Å². The van der Waals surface area contributed by atoms with Crippen LogP contribution < -0.4 is 0 Å². The number of rotatable bonds is 3. The third-order valence-electron chi connectivity index (χ3n) is 5.73. The van der Waals surface area contributed by atoms with E-state index in [-0.39, 0.29) is 29.5 Å². The van der Waals surface area contributed by atoms with Crippen molar-refractivity contribution in [1.82, 2.24) is 19.8 Å². The molecule has 1 saturated heterocycles. The van der Waals surface area contributed by atoms with E-state index >= 15 is 0 Å². The van der Waals surface area contributed by atoms with Crippen molar-refractivity contribution in [2.45, 2.75) is 51.1 Å². The SMILES string of the molecule is N=C(C(=O)N1CCCC1)C1CCC(N2Cc3nccnc3C2=O)CC1. The average molecular weight is 341 g/mol. The summed E-state index contributed by atoms with van der Waals surface area (Å²) in [6.45, 7) is 2.11. The molecule has 0 radical (unpaired) electrons. The smallest absolute Gasteiger partial charge is 0.275 e. The van der Waals surface area contributed by atoms with Crippen molar-refractivity contribution in [2.24, 2.45) is 5.92 Å². The van der Waals surface area contributed by atoms with Crippen molar-refractivity contribution >= 4 is 17.5 Å². The lowest BCUT2D eigenvalue weighted by Gasteiger charge is -2.34.